The van der Waals surface area contributed by atoms with E-state index in [1.807, 2.05) is 16.7 Å². The van der Waals surface area contributed by atoms with Crippen LogP contribution >= 0.6 is 0 Å². The van der Waals surface area contributed by atoms with Gasteiger partial charge in [-0.3, -0.25) is 0 Å². The van der Waals surface area contributed by atoms with Crippen molar-refractivity contribution in [1.82, 2.24) is 9.55 Å². The van der Waals surface area contributed by atoms with Crippen molar-refractivity contribution in [3.05, 3.63) is 23.8 Å². The minimum absolute atomic E-state index is 0.191. The van der Waals surface area contributed by atoms with Crippen LogP contribution < -0.4 is 5.73 Å². The Kier molecular flexibility index (Phi) is 2.83. The molecule has 0 aliphatic carbocycles. The number of benzene rings is 1. The summed E-state index contributed by atoms with van der Waals surface area (Å²) < 4.78 is 7.18. The number of nitrogen functional groups attached to an aromatic ring is 1. The van der Waals surface area contributed by atoms with Crippen molar-refractivity contribution in [2.24, 2.45) is 0 Å². The van der Waals surface area contributed by atoms with Gasteiger partial charge in [0.1, 0.15) is 0 Å². The molecule has 4 nitrogen and oxygen atoms in total. The van der Waals surface area contributed by atoms with Crippen LogP contribution in [0.25, 0.3) is 11.0 Å². The summed E-state index contributed by atoms with van der Waals surface area (Å²) >= 11 is 0. The third-order valence-electron chi connectivity index (χ3n) is 2.72. The molecular weight excluding hydrogens is 202 g/mol. The van der Waals surface area contributed by atoms with Crippen molar-refractivity contribution < 1.29 is 4.74 Å². The first-order valence-electron chi connectivity index (χ1n) is 5.36. The lowest BCUT2D eigenvalue weighted by Crippen LogP contribution is -2.13. The summed E-state index contributed by atoms with van der Waals surface area (Å²) in [4.78, 5) is 4.34. The summed E-state index contributed by atoms with van der Waals surface area (Å²) in [6.07, 6.45) is 0. The van der Waals surface area contributed by atoms with E-state index in [2.05, 4.69) is 24.9 Å². The van der Waals surface area contributed by atoms with Crippen LogP contribution in [0.1, 0.15) is 18.5 Å². The minimum atomic E-state index is 0.191. The number of imidazole rings is 1. The van der Waals surface area contributed by atoms with Crippen molar-refractivity contribution in [2.75, 3.05) is 19.5 Å². The quantitative estimate of drug-likeness (QED) is 0.860. The highest BCUT2D eigenvalue weighted by atomic mass is 16.5. The van der Waals surface area contributed by atoms with Gasteiger partial charge in [0.05, 0.1) is 23.7 Å². The zero-order valence-electron chi connectivity index (χ0n) is 9.90. The van der Waals surface area contributed by atoms with Gasteiger partial charge in [0, 0.05) is 7.11 Å². The predicted octanol–water partition coefficient (Wildman–Crippen LogP) is 2.13. The van der Waals surface area contributed by atoms with E-state index in [1.165, 1.54) is 5.56 Å². The first kappa shape index (κ1) is 11.0. The van der Waals surface area contributed by atoms with Crippen molar-refractivity contribution in [1.29, 1.82) is 0 Å². The molecule has 2 rings (SSSR count). The number of fused-ring (bicyclic) bond motifs is 1. The second-order valence-corrected chi connectivity index (χ2v) is 4.14. The van der Waals surface area contributed by atoms with Crippen LogP contribution in [-0.2, 0) is 4.74 Å². The molecular formula is C12H17N3O. The Morgan fingerprint density at radius 3 is 2.94 bits per heavy atom. The SMILES string of the molecule is COCC(C)n1c(N)nc2ccc(C)cc21. The van der Waals surface area contributed by atoms with Crippen molar-refractivity contribution in [2.45, 2.75) is 19.9 Å². The van der Waals surface area contributed by atoms with E-state index in [0.717, 1.165) is 11.0 Å². The average Bonchev–Trinajstić information content (AvgIpc) is 2.53. The lowest BCUT2D eigenvalue weighted by molar-refractivity contribution is 0.164. The molecule has 0 aliphatic heterocycles. The molecule has 86 valence electrons. The van der Waals surface area contributed by atoms with Gasteiger partial charge in [0.25, 0.3) is 0 Å². The Bertz CT molecular complexity index is 504. The minimum Gasteiger partial charge on any atom is -0.383 e. The van der Waals surface area contributed by atoms with E-state index >= 15 is 0 Å². The smallest absolute Gasteiger partial charge is 0.201 e. The standard InChI is InChI=1S/C12H17N3O/c1-8-4-5-10-11(6-8)15(12(13)14-10)9(2)7-16-3/h4-6,9H,7H2,1-3H3,(H2,13,14). The summed E-state index contributed by atoms with van der Waals surface area (Å²) in [5.41, 5.74) is 9.15. The molecule has 0 saturated carbocycles. The molecule has 2 N–H and O–H groups in total. The number of nitrogens with zero attached hydrogens (tertiary/aromatic N) is 2. The number of rotatable bonds is 3. The van der Waals surface area contributed by atoms with Gasteiger partial charge in [-0.05, 0) is 31.5 Å². The van der Waals surface area contributed by atoms with Crippen LogP contribution in [0.2, 0.25) is 0 Å². The van der Waals surface area contributed by atoms with E-state index in [9.17, 15) is 0 Å². The molecule has 16 heavy (non-hydrogen) atoms. The lowest BCUT2D eigenvalue weighted by atomic mass is 10.2. The van der Waals surface area contributed by atoms with Gasteiger partial charge in [0.2, 0.25) is 5.95 Å². The monoisotopic (exact) mass is 219 g/mol. The van der Waals surface area contributed by atoms with E-state index < -0.39 is 0 Å². The second kappa shape index (κ2) is 4.14. The molecule has 0 saturated heterocycles. The average molecular weight is 219 g/mol. The molecule has 0 aliphatic rings. The van der Waals surface area contributed by atoms with Crippen molar-refractivity contribution in [3.63, 3.8) is 0 Å². The van der Waals surface area contributed by atoms with Gasteiger partial charge < -0.3 is 15.0 Å². The van der Waals surface area contributed by atoms with E-state index in [0.29, 0.717) is 12.6 Å². The molecule has 0 spiro atoms. The van der Waals surface area contributed by atoms with Crippen LogP contribution in [0.5, 0.6) is 0 Å². The largest absolute Gasteiger partial charge is 0.383 e. The third-order valence-corrected chi connectivity index (χ3v) is 2.72. The number of nitrogens with two attached hydrogens (primary N) is 1. The van der Waals surface area contributed by atoms with E-state index in [4.69, 9.17) is 10.5 Å². The number of methoxy groups -OCH3 is 1. The zero-order valence-corrected chi connectivity index (χ0v) is 9.90. The molecule has 1 heterocycles. The van der Waals surface area contributed by atoms with Crippen LogP contribution in [0.15, 0.2) is 18.2 Å². The molecule has 1 aromatic heterocycles. The number of aromatic nitrogens is 2. The second-order valence-electron chi connectivity index (χ2n) is 4.14. The Balaban J connectivity index is 2.58. The van der Waals surface area contributed by atoms with Crippen molar-refractivity contribution in [3.8, 4) is 0 Å². The molecule has 0 radical (unpaired) electrons. The molecule has 0 fully saturated rings. The maximum atomic E-state index is 5.93. The zero-order chi connectivity index (χ0) is 11.7. The maximum absolute atomic E-state index is 5.93. The normalized spacial score (nSPS) is 13.2. The molecule has 1 atom stereocenters. The first-order valence-corrected chi connectivity index (χ1v) is 5.36. The van der Waals surface area contributed by atoms with Crippen LogP contribution in [0, 0.1) is 6.92 Å². The molecule has 4 heteroatoms. The Morgan fingerprint density at radius 2 is 2.25 bits per heavy atom. The highest BCUT2D eigenvalue weighted by molar-refractivity contribution is 5.79. The topological polar surface area (TPSA) is 53.1 Å². The number of ether oxygens (including phenoxy) is 1. The summed E-state index contributed by atoms with van der Waals surface area (Å²) in [6.45, 7) is 4.76. The van der Waals surface area contributed by atoms with Gasteiger partial charge in [-0.2, -0.15) is 0 Å². The molecule has 0 amide bonds. The number of anilines is 1. The highest BCUT2D eigenvalue weighted by Gasteiger charge is 2.13. The summed E-state index contributed by atoms with van der Waals surface area (Å²) in [5, 5.41) is 0. The molecule has 1 aromatic carbocycles. The molecule has 1 unspecified atom stereocenters. The van der Waals surface area contributed by atoms with Crippen molar-refractivity contribution >= 4 is 17.0 Å². The summed E-state index contributed by atoms with van der Waals surface area (Å²) in [5.74, 6) is 0.546. The third kappa shape index (κ3) is 1.76. The van der Waals surface area contributed by atoms with E-state index in [-0.39, 0.29) is 6.04 Å². The Morgan fingerprint density at radius 1 is 1.50 bits per heavy atom. The molecule has 0 bridgehead atoms. The van der Waals surface area contributed by atoms with Crippen LogP contribution in [0.4, 0.5) is 5.95 Å². The highest BCUT2D eigenvalue weighted by Crippen LogP contribution is 2.23. The van der Waals surface area contributed by atoms with Gasteiger partial charge in [-0.25, -0.2) is 4.98 Å². The number of hydrogen-bond donors (Lipinski definition) is 1. The predicted molar refractivity (Wildman–Crippen MR) is 65.5 cm³/mol. The maximum Gasteiger partial charge on any atom is 0.201 e. The fourth-order valence-corrected chi connectivity index (χ4v) is 2.00. The first-order chi connectivity index (χ1) is 7.63. The van der Waals surface area contributed by atoms with Gasteiger partial charge >= 0.3 is 0 Å². The fourth-order valence-electron chi connectivity index (χ4n) is 2.00. The summed E-state index contributed by atoms with van der Waals surface area (Å²) in [6, 6.07) is 6.33. The summed E-state index contributed by atoms with van der Waals surface area (Å²) in [7, 11) is 1.69. The Hall–Kier alpha value is -1.55. The molecule has 2 aromatic rings. The van der Waals surface area contributed by atoms with Gasteiger partial charge in [-0.1, -0.05) is 6.07 Å². The van der Waals surface area contributed by atoms with Gasteiger partial charge in [0.15, 0.2) is 0 Å². The van der Waals surface area contributed by atoms with Gasteiger partial charge in [-0.15, -0.1) is 0 Å². The lowest BCUT2D eigenvalue weighted by Gasteiger charge is -2.14. The van der Waals surface area contributed by atoms with Crippen LogP contribution in [-0.4, -0.2) is 23.3 Å². The Labute approximate surface area is 95.0 Å². The number of aryl methyl sites for hydroxylation is 1. The fraction of sp³-hybridized carbons (Fsp3) is 0.417. The van der Waals surface area contributed by atoms with Crippen LogP contribution in [0.3, 0.4) is 0 Å². The number of hydrogen-bond acceptors (Lipinski definition) is 3. The van der Waals surface area contributed by atoms with E-state index in [1.54, 1.807) is 7.11 Å².